The van der Waals surface area contributed by atoms with Crippen molar-refractivity contribution in [3.05, 3.63) is 12.3 Å². The number of hydrogen-bond donors (Lipinski definition) is 2. The first-order valence-corrected chi connectivity index (χ1v) is 5.72. The van der Waals surface area contributed by atoms with Crippen LogP contribution >= 0.6 is 0 Å². The molecule has 4 heteroatoms. The van der Waals surface area contributed by atoms with E-state index in [4.69, 9.17) is 0 Å². The van der Waals surface area contributed by atoms with Gasteiger partial charge in [0.25, 0.3) is 0 Å². The van der Waals surface area contributed by atoms with E-state index in [1.165, 1.54) is 0 Å². The van der Waals surface area contributed by atoms with E-state index >= 15 is 0 Å². The summed E-state index contributed by atoms with van der Waals surface area (Å²) in [5.74, 6) is 2.12. The molecule has 0 saturated carbocycles. The van der Waals surface area contributed by atoms with Crippen molar-refractivity contribution in [2.75, 3.05) is 17.2 Å². The van der Waals surface area contributed by atoms with Gasteiger partial charge in [0.2, 0.25) is 5.95 Å². The molecule has 90 valence electrons. The van der Waals surface area contributed by atoms with E-state index in [9.17, 15) is 0 Å². The Morgan fingerprint density at radius 1 is 1.31 bits per heavy atom. The summed E-state index contributed by atoms with van der Waals surface area (Å²) in [5.41, 5.74) is 0.0175. The molecule has 0 atom stereocenters. The maximum atomic E-state index is 4.40. The zero-order valence-corrected chi connectivity index (χ0v) is 10.8. The van der Waals surface area contributed by atoms with Crippen molar-refractivity contribution in [2.24, 2.45) is 5.92 Å². The minimum atomic E-state index is 0.0175. The first kappa shape index (κ1) is 12.7. The fourth-order valence-corrected chi connectivity index (χ4v) is 1.19. The number of aromatic nitrogens is 2. The van der Waals surface area contributed by atoms with E-state index in [0.29, 0.717) is 11.9 Å². The van der Waals surface area contributed by atoms with Crippen molar-refractivity contribution in [1.82, 2.24) is 9.97 Å². The van der Waals surface area contributed by atoms with Crippen molar-refractivity contribution < 1.29 is 0 Å². The Labute approximate surface area is 97.9 Å². The molecule has 0 fully saturated rings. The Morgan fingerprint density at radius 3 is 2.56 bits per heavy atom. The maximum absolute atomic E-state index is 4.40. The maximum Gasteiger partial charge on any atom is 0.224 e. The average molecular weight is 222 g/mol. The molecule has 0 saturated heterocycles. The highest BCUT2D eigenvalue weighted by molar-refractivity contribution is 5.41. The SMILES string of the molecule is CC(C)CNc1nccc(NC(C)(C)C)n1. The first-order chi connectivity index (χ1) is 7.37. The zero-order chi connectivity index (χ0) is 12.2. The lowest BCUT2D eigenvalue weighted by Gasteiger charge is -2.21. The fraction of sp³-hybridized carbons (Fsp3) is 0.667. The standard InChI is InChI=1S/C12H22N4/c1-9(2)8-14-11-13-7-6-10(15-11)16-12(3,4)5/h6-7,9H,8H2,1-5H3,(H2,13,14,15,16). The predicted octanol–water partition coefficient (Wildman–Crippen LogP) is 2.75. The van der Waals surface area contributed by atoms with Crippen LogP contribution in [-0.2, 0) is 0 Å². The van der Waals surface area contributed by atoms with Gasteiger partial charge in [0.1, 0.15) is 5.82 Å². The second-order valence-electron chi connectivity index (χ2n) is 5.42. The van der Waals surface area contributed by atoms with Crippen LogP contribution in [0.25, 0.3) is 0 Å². The minimum Gasteiger partial charge on any atom is -0.365 e. The van der Waals surface area contributed by atoms with Crippen LogP contribution in [0.1, 0.15) is 34.6 Å². The van der Waals surface area contributed by atoms with E-state index in [1.54, 1.807) is 6.20 Å². The molecule has 0 aliphatic heterocycles. The molecule has 0 radical (unpaired) electrons. The second-order valence-corrected chi connectivity index (χ2v) is 5.42. The lowest BCUT2D eigenvalue weighted by molar-refractivity contribution is 0.629. The summed E-state index contributed by atoms with van der Waals surface area (Å²) in [5, 5.41) is 6.53. The molecule has 0 aliphatic rings. The summed E-state index contributed by atoms with van der Waals surface area (Å²) in [4.78, 5) is 8.58. The predicted molar refractivity (Wildman–Crippen MR) is 68.7 cm³/mol. The van der Waals surface area contributed by atoms with Crippen LogP contribution in [0.2, 0.25) is 0 Å². The largest absolute Gasteiger partial charge is 0.365 e. The van der Waals surface area contributed by atoms with Crippen molar-refractivity contribution >= 4 is 11.8 Å². The van der Waals surface area contributed by atoms with E-state index in [1.807, 2.05) is 6.07 Å². The number of nitrogens with one attached hydrogen (secondary N) is 2. The van der Waals surface area contributed by atoms with Crippen LogP contribution < -0.4 is 10.6 Å². The number of nitrogens with zero attached hydrogens (tertiary/aromatic N) is 2. The highest BCUT2D eigenvalue weighted by Gasteiger charge is 2.10. The van der Waals surface area contributed by atoms with Gasteiger partial charge in [-0.1, -0.05) is 13.8 Å². The van der Waals surface area contributed by atoms with Crippen molar-refractivity contribution in [3.63, 3.8) is 0 Å². The Hall–Kier alpha value is -1.32. The first-order valence-electron chi connectivity index (χ1n) is 5.72. The molecule has 0 unspecified atom stereocenters. The summed E-state index contributed by atoms with van der Waals surface area (Å²) in [6, 6.07) is 1.88. The second kappa shape index (κ2) is 5.14. The van der Waals surface area contributed by atoms with E-state index < -0.39 is 0 Å². The van der Waals surface area contributed by atoms with Crippen molar-refractivity contribution in [3.8, 4) is 0 Å². The third kappa shape index (κ3) is 4.96. The van der Waals surface area contributed by atoms with Crippen LogP contribution in [-0.4, -0.2) is 22.1 Å². The average Bonchev–Trinajstić information content (AvgIpc) is 2.12. The van der Waals surface area contributed by atoms with Gasteiger partial charge in [-0.15, -0.1) is 0 Å². The molecule has 4 nitrogen and oxygen atoms in total. The van der Waals surface area contributed by atoms with Gasteiger partial charge in [-0.3, -0.25) is 0 Å². The molecule has 0 aromatic carbocycles. The molecular formula is C12H22N4. The van der Waals surface area contributed by atoms with Crippen LogP contribution in [0, 0.1) is 5.92 Å². The Balaban J connectivity index is 2.64. The lowest BCUT2D eigenvalue weighted by atomic mass is 10.1. The van der Waals surface area contributed by atoms with Gasteiger partial charge in [0.05, 0.1) is 0 Å². The fourth-order valence-electron chi connectivity index (χ4n) is 1.19. The molecule has 1 aromatic rings. The molecule has 0 spiro atoms. The van der Waals surface area contributed by atoms with Gasteiger partial charge >= 0.3 is 0 Å². The van der Waals surface area contributed by atoms with Crippen LogP contribution in [0.4, 0.5) is 11.8 Å². The molecule has 0 aliphatic carbocycles. The minimum absolute atomic E-state index is 0.0175. The topological polar surface area (TPSA) is 49.8 Å². The zero-order valence-electron chi connectivity index (χ0n) is 10.8. The Morgan fingerprint density at radius 2 is 2.00 bits per heavy atom. The Kier molecular flexibility index (Phi) is 4.10. The molecule has 2 N–H and O–H groups in total. The van der Waals surface area contributed by atoms with Gasteiger partial charge < -0.3 is 10.6 Å². The molecule has 1 heterocycles. The van der Waals surface area contributed by atoms with Gasteiger partial charge in [-0.2, -0.15) is 4.98 Å². The summed E-state index contributed by atoms with van der Waals surface area (Å²) in [6.45, 7) is 11.5. The van der Waals surface area contributed by atoms with E-state index in [0.717, 1.165) is 12.4 Å². The van der Waals surface area contributed by atoms with Crippen LogP contribution in [0.5, 0.6) is 0 Å². The van der Waals surface area contributed by atoms with Crippen LogP contribution in [0.3, 0.4) is 0 Å². The molecule has 0 amide bonds. The highest BCUT2D eigenvalue weighted by atomic mass is 15.1. The molecule has 1 rings (SSSR count). The Bertz CT molecular complexity index is 328. The lowest BCUT2D eigenvalue weighted by Crippen LogP contribution is -2.26. The monoisotopic (exact) mass is 222 g/mol. The summed E-state index contributed by atoms with van der Waals surface area (Å²) < 4.78 is 0. The van der Waals surface area contributed by atoms with Gasteiger partial charge in [-0.25, -0.2) is 4.98 Å². The quantitative estimate of drug-likeness (QED) is 0.822. The highest BCUT2D eigenvalue weighted by Crippen LogP contribution is 2.12. The number of anilines is 2. The summed E-state index contributed by atoms with van der Waals surface area (Å²) in [6.07, 6.45) is 1.77. The third-order valence-corrected chi connectivity index (χ3v) is 1.83. The molecule has 16 heavy (non-hydrogen) atoms. The summed E-state index contributed by atoms with van der Waals surface area (Å²) in [7, 11) is 0. The van der Waals surface area contributed by atoms with Gasteiger partial charge in [-0.05, 0) is 32.8 Å². The van der Waals surface area contributed by atoms with Gasteiger partial charge in [0, 0.05) is 18.3 Å². The number of rotatable bonds is 4. The summed E-state index contributed by atoms with van der Waals surface area (Å²) >= 11 is 0. The number of hydrogen-bond acceptors (Lipinski definition) is 4. The van der Waals surface area contributed by atoms with Crippen molar-refractivity contribution in [2.45, 2.75) is 40.2 Å². The smallest absolute Gasteiger partial charge is 0.224 e. The van der Waals surface area contributed by atoms with E-state index in [-0.39, 0.29) is 5.54 Å². The third-order valence-electron chi connectivity index (χ3n) is 1.83. The van der Waals surface area contributed by atoms with Crippen molar-refractivity contribution in [1.29, 1.82) is 0 Å². The van der Waals surface area contributed by atoms with Gasteiger partial charge in [0.15, 0.2) is 0 Å². The molecule has 1 aromatic heterocycles. The van der Waals surface area contributed by atoms with E-state index in [2.05, 4.69) is 55.2 Å². The van der Waals surface area contributed by atoms with Crippen LogP contribution in [0.15, 0.2) is 12.3 Å². The normalized spacial score (nSPS) is 11.6. The molecular weight excluding hydrogens is 200 g/mol. The molecule has 0 bridgehead atoms.